The van der Waals surface area contributed by atoms with E-state index in [1.165, 1.54) is 17.0 Å². The summed E-state index contributed by atoms with van der Waals surface area (Å²) in [6, 6.07) is 11.1. The fourth-order valence-corrected chi connectivity index (χ4v) is 4.73. The Kier molecular flexibility index (Phi) is 5.45. The van der Waals surface area contributed by atoms with Crippen molar-refractivity contribution in [3.63, 3.8) is 0 Å². The number of nitrogens with zero attached hydrogens (tertiary/aromatic N) is 1. The molecule has 0 spiro atoms. The number of ether oxygens (including phenoxy) is 1. The van der Waals surface area contributed by atoms with Crippen LogP contribution >= 0.6 is 22.9 Å². The van der Waals surface area contributed by atoms with Crippen LogP contribution in [0.5, 0.6) is 0 Å². The second-order valence-corrected chi connectivity index (χ2v) is 9.15. The third-order valence-electron chi connectivity index (χ3n) is 3.65. The summed E-state index contributed by atoms with van der Waals surface area (Å²) in [6.45, 7) is -0.506. The van der Waals surface area contributed by atoms with Gasteiger partial charge in [-0.2, -0.15) is 0 Å². The average Bonchev–Trinajstić information content (AvgIpc) is 3.19. The van der Waals surface area contributed by atoms with Crippen molar-refractivity contribution in [1.29, 1.82) is 0 Å². The average molecular weight is 412 g/mol. The first-order valence-corrected chi connectivity index (χ1v) is 10.5. The number of para-hydroxylation sites is 1. The topological polar surface area (TPSA) is 80.8 Å². The van der Waals surface area contributed by atoms with Crippen LogP contribution in [-0.4, -0.2) is 38.7 Å². The molecule has 0 saturated heterocycles. The Morgan fingerprint density at radius 2 is 1.92 bits per heavy atom. The molecule has 0 saturated carbocycles. The molecule has 1 aliphatic heterocycles. The van der Waals surface area contributed by atoms with E-state index in [0.29, 0.717) is 10.0 Å². The number of carbonyl (C=O) groups is 2. The first-order chi connectivity index (χ1) is 12.4. The molecule has 1 aromatic carbocycles. The quantitative estimate of drug-likeness (QED) is 0.706. The number of amides is 1. The maximum absolute atomic E-state index is 12.7. The zero-order valence-corrected chi connectivity index (χ0v) is 15.8. The lowest BCUT2D eigenvalue weighted by Gasteiger charge is -2.27. The number of thiophene rings is 1. The van der Waals surface area contributed by atoms with Crippen molar-refractivity contribution < 1.29 is 22.7 Å². The van der Waals surface area contributed by atoms with Crippen molar-refractivity contribution in [3.8, 4) is 0 Å². The van der Waals surface area contributed by atoms with Crippen molar-refractivity contribution in [2.24, 2.45) is 0 Å². The molecule has 6 nitrogen and oxygen atoms in total. The normalized spacial score (nSPS) is 17.8. The molecule has 136 valence electrons. The number of carbonyl (C=O) groups excluding carboxylic acids is 2. The molecule has 9 heteroatoms. The molecule has 1 atom stereocenters. The molecule has 26 heavy (non-hydrogen) atoms. The van der Waals surface area contributed by atoms with Gasteiger partial charge in [0.25, 0.3) is 5.91 Å². The van der Waals surface area contributed by atoms with E-state index in [1.807, 2.05) is 0 Å². The predicted octanol–water partition coefficient (Wildman–Crippen LogP) is 2.90. The zero-order valence-electron chi connectivity index (χ0n) is 13.4. The van der Waals surface area contributed by atoms with Crippen molar-refractivity contribution in [3.05, 3.63) is 63.2 Å². The molecule has 1 amide bonds. The summed E-state index contributed by atoms with van der Waals surface area (Å²) >= 11 is 6.83. The zero-order chi connectivity index (χ0) is 18.7. The van der Waals surface area contributed by atoms with Gasteiger partial charge in [-0.1, -0.05) is 29.8 Å². The molecule has 0 fully saturated rings. The molecular weight excluding hydrogens is 398 g/mol. The van der Waals surface area contributed by atoms with Gasteiger partial charge in [-0.25, -0.2) is 13.2 Å². The van der Waals surface area contributed by atoms with Gasteiger partial charge >= 0.3 is 5.97 Å². The van der Waals surface area contributed by atoms with Gasteiger partial charge in [0.05, 0.1) is 16.1 Å². The summed E-state index contributed by atoms with van der Waals surface area (Å²) in [5.41, 5.74) is 0.527. The number of halogens is 1. The second kappa shape index (κ2) is 7.61. The Labute approximate surface area is 159 Å². The lowest BCUT2D eigenvalue weighted by atomic mass is 10.2. The predicted molar refractivity (Wildman–Crippen MR) is 100 cm³/mol. The lowest BCUT2D eigenvalue weighted by molar-refractivity contribution is -0.121. The Hall–Kier alpha value is -2.16. The van der Waals surface area contributed by atoms with Crippen molar-refractivity contribution >= 4 is 50.3 Å². The van der Waals surface area contributed by atoms with E-state index in [-0.39, 0.29) is 10.6 Å². The van der Waals surface area contributed by atoms with Gasteiger partial charge in [0, 0.05) is 11.1 Å². The number of hydrogen-bond donors (Lipinski definition) is 0. The summed E-state index contributed by atoms with van der Waals surface area (Å²) in [4.78, 5) is 26.3. The third-order valence-corrected chi connectivity index (χ3v) is 6.24. The molecule has 1 unspecified atom stereocenters. The molecule has 0 N–H and O–H groups in total. The molecule has 0 aliphatic carbocycles. The molecule has 2 heterocycles. The first-order valence-electron chi connectivity index (χ1n) is 7.56. The van der Waals surface area contributed by atoms with Crippen LogP contribution < -0.4 is 4.90 Å². The number of rotatable bonds is 5. The number of benzene rings is 1. The van der Waals surface area contributed by atoms with Crippen molar-refractivity contribution in [1.82, 2.24) is 0 Å². The highest BCUT2D eigenvalue weighted by Crippen LogP contribution is 2.24. The van der Waals surface area contributed by atoms with Crippen molar-refractivity contribution in [2.45, 2.75) is 6.04 Å². The van der Waals surface area contributed by atoms with E-state index in [4.69, 9.17) is 16.3 Å². The largest absolute Gasteiger partial charge is 0.451 e. The Morgan fingerprint density at radius 3 is 2.50 bits per heavy atom. The monoisotopic (exact) mass is 411 g/mol. The van der Waals surface area contributed by atoms with E-state index >= 15 is 0 Å². The highest BCUT2D eigenvalue weighted by molar-refractivity contribution is 7.94. The Morgan fingerprint density at radius 1 is 1.19 bits per heavy atom. The minimum absolute atomic E-state index is 0.206. The summed E-state index contributed by atoms with van der Waals surface area (Å²) in [5.74, 6) is -1.38. The van der Waals surface area contributed by atoms with Crippen LogP contribution in [0.2, 0.25) is 4.34 Å². The van der Waals surface area contributed by atoms with E-state index < -0.39 is 34.4 Å². The van der Waals surface area contributed by atoms with E-state index in [9.17, 15) is 18.0 Å². The summed E-state index contributed by atoms with van der Waals surface area (Å²) < 4.78 is 29.0. The van der Waals surface area contributed by atoms with E-state index in [2.05, 4.69) is 0 Å². The van der Waals surface area contributed by atoms with Crippen molar-refractivity contribution in [2.75, 3.05) is 17.3 Å². The van der Waals surface area contributed by atoms with Crippen LogP contribution in [0.25, 0.3) is 0 Å². The van der Waals surface area contributed by atoms with Crippen LogP contribution in [0.15, 0.2) is 53.9 Å². The van der Waals surface area contributed by atoms with Crippen LogP contribution in [0.1, 0.15) is 9.67 Å². The highest BCUT2D eigenvalue weighted by atomic mass is 35.5. The number of anilines is 1. The fourth-order valence-electron chi connectivity index (χ4n) is 2.52. The van der Waals surface area contributed by atoms with Gasteiger partial charge in [0.1, 0.15) is 4.88 Å². The number of hydrogen-bond acceptors (Lipinski definition) is 6. The molecule has 1 aromatic heterocycles. The number of sulfone groups is 1. The van der Waals surface area contributed by atoms with Crippen LogP contribution in [0, 0.1) is 0 Å². The molecule has 1 aliphatic rings. The highest BCUT2D eigenvalue weighted by Gasteiger charge is 2.31. The second-order valence-electron chi connectivity index (χ2n) is 5.50. The lowest BCUT2D eigenvalue weighted by Crippen LogP contribution is -2.43. The molecule has 2 aromatic rings. The fraction of sp³-hybridized carbons (Fsp3) is 0.176. The third kappa shape index (κ3) is 4.32. The molecule has 3 rings (SSSR count). The SMILES string of the molecule is O=C(OCC(=O)N(c1ccccc1)C1C=CS(=O)(=O)C1)c1ccc(Cl)s1. The van der Waals surface area contributed by atoms with Gasteiger partial charge < -0.3 is 9.64 Å². The number of esters is 1. The van der Waals surface area contributed by atoms with Gasteiger partial charge in [0.15, 0.2) is 16.4 Å². The van der Waals surface area contributed by atoms with Gasteiger partial charge in [0.2, 0.25) is 0 Å². The van der Waals surface area contributed by atoms with Gasteiger partial charge in [-0.3, -0.25) is 4.79 Å². The minimum Gasteiger partial charge on any atom is -0.451 e. The maximum atomic E-state index is 12.7. The van der Waals surface area contributed by atoms with E-state index in [0.717, 1.165) is 16.7 Å². The summed E-state index contributed by atoms with van der Waals surface area (Å²) in [5, 5.41) is 1.10. The van der Waals surface area contributed by atoms with Gasteiger partial charge in [-0.15, -0.1) is 11.3 Å². The van der Waals surface area contributed by atoms with Crippen LogP contribution in [-0.2, 0) is 19.4 Å². The summed E-state index contributed by atoms with van der Waals surface area (Å²) in [6.07, 6.45) is 1.46. The smallest absolute Gasteiger partial charge is 0.348 e. The van der Waals surface area contributed by atoms with Gasteiger partial charge in [-0.05, 0) is 30.3 Å². The maximum Gasteiger partial charge on any atom is 0.348 e. The minimum atomic E-state index is -3.35. The summed E-state index contributed by atoms with van der Waals surface area (Å²) in [7, 11) is -3.35. The Bertz CT molecular complexity index is 953. The van der Waals surface area contributed by atoms with E-state index in [1.54, 1.807) is 36.4 Å². The Balaban J connectivity index is 1.75. The molecule has 0 bridgehead atoms. The van der Waals surface area contributed by atoms with Crippen LogP contribution in [0.4, 0.5) is 5.69 Å². The standard InChI is InChI=1S/C17H14ClNO5S2/c18-15-7-6-14(25-15)17(21)24-10-16(20)19(12-4-2-1-3-5-12)13-8-9-26(22,23)11-13/h1-9,13H,10-11H2. The molecular formula is C17H14ClNO5S2. The first kappa shape index (κ1) is 18.6. The van der Waals surface area contributed by atoms with Crippen LogP contribution in [0.3, 0.4) is 0 Å². The molecule has 0 radical (unpaired) electrons.